The zero-order valence-electron chi connectivity index (χ0n) is 19.7. The van der Waals surface area contributed by atoms with E-state index in [4.69, 9.17) is 4.74 Å². The Hall–Kier alpha value is -3.42. The number of hydrogen-bond acceptors (Lipinski definition) is 4. The van der Waals surface area contributed by atoms with Crippen LogP contribution in [0, 0.1) is 17.2 Å². The van der Waals surface area contributed by atoms with Crippen molar-refractivity contribution in [3.63, 3.8) is 0 Å². The van der Waals surface area contributed by atoms with Crippen LogP contribution in [0.3, 0.4) is 0 Å². The lowest BCUT2D eigenvalue weighted by Gasteiger charge is -2.43. The number of carbonyl (C=O) groups excluding carboxylic acids is 3. The number of ether oxygens (including phenoxy) is 1. The maximum Gasteiger partial charge on any atom is 0.325 e. The Bertz CT molecular complexity index is 1080. The van der Waals surface area contributed by atoms with Crippen molar-refractivity contribution in [1.29, 1.82) is 0 Å². The highest BCUT2D eigenvalue weighted by Gasteiger charge is 2.56. The van der Waals surface area contributed by atoms with E-state index in [1.807, 2.05) is 0 Å². The molecule has 2 aromatic carbocycles. The van der Waals surface area contributed by atoms with E-state index in [0.717, 1.165) is 16.9 Å². The van der Waals surface area contributed by atoms with Crippen molar-refractivity contribution in [2.24, 2.45) is 11.3 Å². The summed E-state index contributed by atoms with van der Waals surface area (Å²) in [6.45, 7) is 6.24. The lowest BCUT2D eigenvalue weighted by molar-refractivity contribution is -0.137. The van der Waals surface area contributed by atoms with E-state index in [-0.39, 0.29) is 30.2 Å². The number of carbonyl (C=O) groups is 3. The molecule has 1 aliphatic carbocycles. The first kappa shape index (κ1) is 23.7. The smallest absolute Gasteiger partial charge is 0.325 e. The Balaban J connectivity index is 1.31. The van der Waals surface area contributed by atoms with Gasteiger partial charge >= 0.3 is 6.03 Å². The molecule has 0 unspecified atom stereocenters. The van der Waals surface area contributed by atoms with Crippen molar-refractivity contribution in [3.05, 3.63) is 59.9 Å². The van der Waals surface area contributed by atoms with Gasteiger partial charge < -0.3 is 15.4 Å². The Morgan fingerprint density at radius 2 is 1.71 bits per heavy atom. The molecule has 4 rings (SSSR count). The summed E-state index contributed by atoms with van der Waals surface area (Å²) in [5, 5.41) is 5.65. The summed E-state index contributed by atoms with van der Waals surface area (Å²) in [4.78, 5) is 39.3. The van der Waals surface area contributed by atoms with Gasteiger partial charge in [-0.3, -0.25) is 14.5 Å². The van der Waals surface area contributed by atoms with Gasteiger partial charge in [-0.15, -0.1) is 0 Å². The SMILES string of the molecule is C[C@@H]1CC(C)(C)C[C@]2(C1)NC(=O)N(CC(=O)NCc1ccc(Oc3ccc(F)cc3)cc1)C2=O. The molecule has 1 spiro atoms. The van der Waals surface area contributed by atoms with Crippen molar-refractivity contribution < 1.29 is 23.5 Å². The molecule has 1 aliphatic heterocycles. The summed E-state index contributed by atoms with van der Waals surface area (Å²) in [5.41, 5.74) is -0.152. The van der Waals surface area contributed by atoms with Gasteiger partial charge in [-0.2, -0.15) is 0 Å². The molecule has 4 amide bonds. The Morgan fingerprint density at radius 1 is 1.09 bits per heavy atom. The molecule has 180 valence electrons. The van der Waals surface area contributed by atoms with Crippen LogP contribution in [0.5, 0.6) is 11.5 Å². The lowest BCUT2D eigenvalue weighted by Crippen LogP contribution is -2.54. The van der Waals surface area contributed by atoms with Crippen LogP contribution in [-0.2, 0) is 16.1 Å². The Kier molecular flexibility index (Phi) is 6.34. The number of hydrogen-bond donors (Lipinski definition) is 2. The largest absolute Gasteiger partial charge is 0.457 e. The molecule has 0 bridgehead atoms. The molecule has 0 aromatic heterocycles. The maximum absolute atomic E-state index is 13.2. The van der Waals surface area contributed by atoms with Crippen molar-refractivity contribution in [1.82, 2.24) is 15.5 Å². The molecular weight excluding hydrogens is 437 g/mol. The summed E-state index contributed by atoms with van der Waals surface area (Å²) in [6.07, 6.45) is 2.15. The summed E-state index contributed by atoms with van der Waals surface area (Å²) < 4.78 is 18.7. The van der Waals surface area contributed by atoms with Gasteiger partial charge in [-0.1, -0.05) is 32.9 Å². The third-order valence-electron chi connectivity index (χ3n) is 6.39. The van der Waals surface area contributed by atoms with Crippen LogP contribution >= 0.6 is 0 Å². The van der Waals surface area contributed by atoms with E-state index < -0.39 is 17.5 Å². The van der Waals surface area contributed by atoms with Gasteiger partial charge in [0.1, 0.15) is 29.4 Å². The van der Waals surface area contributed by atoms with Gasteiger partial charge in [0.15, 0.2) is 0 Å². The van der Waals surface area contributed by atoms with Crippen LogP contribution in [0.25, 0.3) is 0 Å². The minimum Gasteiger partial charge on any atom is -0.457 e. The van der Waals surface area contributed by atoms with E-state index >= 15 is 0 Å². The fourth-order valence-electron chi connectivity index (χ4n) is 5.36. The Labute approximate surface area is 198 Å². The van der Waals surface area contributed by atoms with Crippen LogP contribution in [0.15, 0.2) is 48.5 Å². The zero-order chi connectivity index (χ0) is 24.5. The second kappa shape index (κ2) is 9.08. The van der Waals surface area contributed by atoms with Gasteiger partial charge in [-0.25, -0.2) is 9.18 Å². The molecule has 2 N–H and O–H groups in total. The molecule has 1 heterocycles. The van der Waals surface area contributed by atoms with Crippen molar-refractivity contribution in [2.75, 3.05) is 6.54 Å². The van der Waals surface area contributed by atoms with Crippen LogP contribution in [0.2, 0.25) is 0 Å². The average molecular weight is 468 g/mol. The molecule has 2 atom stereocenters. The third kappa shape index (κ3) is 5.21. The second-order valence-corrected chi connectivity index (χ2v) is 10.2. The quantitative estimate of drug-likeness (QED) is 0.618. The zero-order valence-corrected chi connectivity index (χ0v) is 19.7. The minimum atomic E-state index is -0.918. The number of imide groups is 1. The highest BCUT2D eigenvalue weighted by Crippen LogP contribution is 2.46. The fraction of sp³-hybridized carbons (Fsp3) is 0.423. The number of amides is 4. The van der Waals surface area contributed by atoms with E-state index in [1.165, 1.54) is 12.1 Å². The predicted molar refractivity (Wildman–Crippen MR) is 125 cm³/mol. The summed E-state index contributed by atoms with van der Waals surface area (Å²) in [6, 6.07) is 12.3. The summed E-state index contributed by atoms with van der Waals surface area (Å²) in [7, 11) is 0. The predicted octanol–water partition coefficient (Wildman–Crippen LogP) is 4.37. The van der Waals surface area contributed by atoms with Gasteiger partial charge in [0.2, 0.25) is 5.91 Å². The molecular formula is C26H30FN3O4. The lowest BCUT2D eigenvalue weighted by atomic mass is 9.64. The monoisotopic (exact) mass is 467 g/mol. The van der Waals surface area contributed by atoms with Crippen LogP contribution < -0.4 is 15.4 Å². The third-order valence-corrected chi connectivity index (χ3v) is 6.39. The van der Waals surface area contributed by atoms with E-state index in [1.54, 1.807) is 36.4 Å². The highest BCUT2D eigenvalue weighted by molar-refractivity contribution is 6.09. The molecule has 7 nitrogen and oxygen atoms in total. The average Bonchev–Trinajstić information content (AvgIpc) is 2.96. The molecule has 2 fully saturated rings. The highest BCUT2D eigenvalue weighted by atomic mass is 19.1. The summed E-state index contributed by atoms with van der Waals surface area (Å²) >= 11 is 0. The topological polar surface area (TPSA) is 87.7 Å². The van der Waals surface area contributed by atoms with Crippen LogP contribution in [0.1, 0.15) is 45.6 Å². The molecule has 34 heavy (non-hydrogen) atoms. The first-order chi connectivity index (χ1) is 16.1. The van der Waals surface area contributed by atoms with E-state index in [0.29, 0.717) is 30.3 Å². The molecule has 2 aromatic rings. The summed E-state index contributed by atoms with van der Waals surface area (Å²) in [5.74, 6) is 0.348. The van der Waals surface area contributed by atoms with Gasteiger partial charge in [0.05, 0.1) is 0 Å². The first-order valence-electron chi connectivity index (χ1n) is 11.5. The molecule has 1 saturated heterocycles. The number of nitrogens with one attached hydrogen (secondary N) is 2. The van der Waals surface area contributed by atoms with E-state index in [9.17, 15) is 18.8 Å². The van der Waals surface area contributed by atoms with Crippen molar-refractivity contribution >= 4 is 17.8 Å². The van der Waals surface area contributed by atoms with Crippen molar-refractivity contribution in [2.45, 2.75) is 52.1 Å². The number of benzene rings is 2. The molecule has 8 heteroatoms. The Morgan fingerprint density at radius 3 is 2.32 bits per heavy atom. The molecule has 0 radical (unpaired) electrons. The second-order valence-electron chi connectivity index (χ2n) is 10.2. The number of urea groups is 1. The minimum absolute atomic E-state index is 0.0640. The normalized spacial score (nSPS) is 23.6. The molecule has 1 saturated carbocycles. The maximum atomic E-state index is 13.2. The number of rotatable bonds is 6. The van der Waals surface area contributed by atoms with Gasteiger partial charge in [0.25, 0.3) is 5.91 Å². The first-order valence-corrected chi connectivity index (χ1v) is 11.5. The fourth-order valence-corrected chi connectivity index (χ4v) is 5.36. The molecule has 2 aliphatic rings. The van der Waals surface area contributed by atoms with Crippen LogP contribution in [-0.4, -0.2) is 34.8 Å². The number of halogens is 1. The van der Waals surface area contributed by atoms with Gasteiger partial charge in [0, 0.05) is 6.54 Å². The van der Waals surface area contributed by atoms with Crippen LogP contribution in [0.4, 0.5) is 9.18 Å². The van der Waals surface area contributed by atoms with Crippen molar-refractivity contribution in [3.8, 4) is 11.5 Å². The standard InChI is InChI=1S/C26H30FN3O4/c1-17-12-25(2,3)16-26(13-17)23(32)30(24(33)29-26)15-22(31)28-14-18-4-8-20(9-5-18)34-21-10-6-19(27)7-11-21/h4-11,17H,12-16H2,1-3H3,(H,28,31)(H,29,33)/t17-,26+/m1/s1. The number of nitrogens with zero attached hydrogens (tertiary/aromatic N) is 1. The van der Waals surface area contributed by atoms with E-state index in [2.05, 4.69) is 31.4 Å². The van der Waals surface area contributed by atoms with Gasteiger partial charge in [-0.05, 0) is 72.6 Å².